The van der Waals surface area contributed by atoms with Gasteiger partial charge in [-0.15, -0.1) is 0 Å². The van der Waals surface area contributed by atoms with Gasteiger partial charge in [-0.1, -0.05) is 29.8 Å². The van der Waals surface area contributed by atoms with Crippen LogP contribution in [0.25, 0.3) is 0 Å². The van der Waals surface area contributed by atoms with Crippen LogP contribution in [-0.2, 0) is 0 Å². The lowest BCUT2D eigenvalue weighted by atomic mass is 9.96. The average Bonchev–Trinajstić information content (AvgIpc) is 2.45. The van der Waals surface area contributed by atoms with Crippen LogP contribution in [0.1, 0.15) is 28.4 Å². The highest BCUT2D eigenvalue weighted by molar-refractivity contribution is 5.51. The van der Waals surface area contributed by atoms with E-state index in [-0.39, 0.29) is 11.4 Å². The van der Waals surface area contributed by atoms with Gasteiger partial charge in [0.25, 0.3) is 0 Å². The third-order valence-electron chi connectivity index (χ3n) is 3.44. The van der Waals surface area contributed by atoms with E-state index in [1.807, 2.05) is 32.0 Å². The lowest BCUT2D eigenvalue weighted by Gasteiger charge is -2.15. The summed E-state index contributed by atoms with van der Waals surface area (Å²) in [5.74, 6) is 0.177. The fourth-order valence-corrected chi connectivity index (χ4v) is 2.33. The number of hydrogen-bond acceptors (Lipinski definition) is 4. The van der Waals surface area contributed by atoms with Crippen LogP contribution in [0, 0.1) is 24.0 Å². The molecule has 0 bridgehead atoms. The molecule has 1 atom stereocenters. The number of methoxy groups -OCH3 is 1. The Balaban J connectivity index is 2.46. The molecule has 0 saturated heterocycles. The summed E-state index contributed by atoms with van der Waals surface area (Å²) in [6.07, 6.45) is -0.907. The molecule has 2 aromatic carbocycles. The van der Waals surface area contributed by atoms with Crippen LogP contribution >= 0.6 is 0 Å². The maximum atomic E-state index is 11.0. The summed E-state index contributed by atoms with van der Waals surface area (Å²) in [6.45, 7) is 3.88. The van der Waals surface area contributed by atoms with Gasteiger partial charge in [-0.25, -0.2) is 0 Å². The van der Waals surface area contributed by atoms with Crippen molar-refractivity contribution in [3.05, 3.63) is 68.8 Å². The van der Waals surface area contributed by atoms with E-state index in [4.69, 9.17) is 4.74 Å². The first kappa shape index (κ1) is 15.0. The summed E-state index contributed by atoms with van der Waals surface area (Å²) in [5.41, 5.74) is 3.10. The number of nitro groups is 1. The summed E-state index contributed by atoms with van der Waals surface area (Å²) in [5, 5.41) is 21.5. The van der Waals surface area contributed by atoms with Gasteiger partial charge in [-0.05, 0) is 36.6 Å². The van der Waals surface area contributed by atoms with E-state index in [2.05, 4.69) is 0 Å². The van der Waals surface area contributed by atoms with Crippen molar-refractivity contribution in [1.29, 1.82) is 0 Å². The maximum Gasteiger partial charge on any atom is 0.311 e. The van der Waals surface area contributed by atoms with Gasteiger partial charge in [-0.3, -0.25) is 10.1 Å². The molecule has 5 nitrogen and oxygen atoms in total. The van der Waals surface area contributed by atoms with Crippen molar-refractivity contribution in [2.45, 2.75) is 20.0 Å². The molecule has 2 aromatic rings. The highest BCUT2D eigenvalue weighted by Gasteiger charge is 2.20. The van der Waals surface area contributed by atoms with E-state index in [0.717, 1.165) is 16.7 Å². The number of hydrogen-bond donors (Lipinski definition) is 1. The molecule has 0 amide bonds. The molecule has 0 heterocycles. The Labute approximate surface area is 123 Å². The van der Waals surface area contributed by atoms with Crippen LogP contribution < -0.4 is 4.74 Å². The molecular formula is C16H17NO4. The van der Waals surface area contributed by atoms with Gasteiger partial charge in [0.1, 0.15) is 6.10 Å². The van der Waals surface area contributed by atoms with Gasteiger partial charge in [0.05, 0.1) is 12.0 Å². The molecule has 0 aliphatic heterocycles. The van der Waals surface area contributed by atoms with Crippen molar-refractivity contribution < 1.29 is 14.8 Å². The van der Waals surface area contributed by atoms with Crippen LogP contribution in [0.3, 0.4) is 0 Å². The van der Waals surface area contributed by atoms with Gasteiger partial charge in [-0.2, -0.15) is 0 Å². The Morgan fingerprint density at radius 1 is 1.19 bits per heavy atom. The Morgan fingerprint density at radius 3 is 2.48 bits per heavy atom. The second-order valence-corrected chi connectivity index (χ2v) is 4.95. The van der Waals surface area contributed by atoms with Gasteiger partial charge < -0.3 is 9.84 Å². The second kappa shape index (κ2) is 5.93. The van der Waals surface area contributed by atoms with Crippen molar-refractivity contribution in [3.8, 4) is 5.75 Å². The third kappa shape index (κ3) is 3.03. The number of nitro benzene ring substituents is 1. The van der Waals surface area contributed by atoms with Crippen molar-refractivity contribution >= 4 is 5.69 Å². The number of aliphatic hydroxyl groups is 1. The Morgan fingerprint density at radius 2 is 1.90 bits per heavy atom. The van der Waals surface area contributed by atoms with Gasteiger partial charge in [0, 0.05) is 6.07 Å². The zero-order chi connectivity index (χ0) is 15.6. The molecule has 0 fully saturated rings. The molecule has 0 aromatic heterocycles. The molecule has 21 heavy (non-hydrogen) atoms. The minimum Gasteiger partial charge on any atom is -0.490 e. The molecule has 0 spiro atoms. The van der Waals surface area contributed by atoms with E-state index >= 15 is 0 Å². The van der Waals surface area contributed by atoms with E-state index in [9.17, 15) is 15.2 Å². The van der Waals surface area contributed by atoms with Crippen LogP contribution in [0.4, 0.5) is 5.69 Å². The van der Waals surface area contributed by atoms with Crippen molar-refractivity contribution in [2.75, 3.05) is 7.11 Å². The minimum absolute atomic E-state index is 0.154. The lowest BCUT2D eigenvalue weighted by Crippen LogP contribution is -2.04. The SMILES string of the molecule is COc1ccc(C(O)c2ccc(C)cc2C)cc1[N+](=O)[O-]. The molecule has 0 aliphatic carbocycles. The molecule has 0 aliphatic rings. The van der Waals surface area contributed by atoms with Crippen LogP contribution in [-0.4, -0.2) is 17.1 Å². The van der Waals surface area contributed by atoms with Crippen LogP contribution in [0.5, 0.6) is 5.75 Å². The van der Waals surface area contributed by atoms with Gasteiger partial charge in [0.2, 0.25) is 0 Å². The van der Waals surface area contributed by atoms with Gasteiger partial charge in [0.15, 0.2) is 5.75 Å². The molecule has 1 N–H and O–H groups in total. The summed E-state index contributed by atoms with van der Waals surface area (Å²) in [6, 6.07) is 10.2. The fourth-order valence-electron chi connectivity index (χ4n) is 2.33. The number of aliphatic hydroxyl groups excluding tert-OH is 1. The predicted octanol–water partition coefficient (Wildman–Crippen LogP) is 3.30. The first-order valence-corrected chi connectivity index (χ1v) is 6.51. The number of nitrogens with zero attached hydrogens (tertiary/aromatic N) is 1. The van der Waals surface area contributed by atoms with E-state index < -0.39 is 11.0 Å². The topological polar surface area (TPSA) is 72.6 Å². The second-order valence-electron chi connectivity index (χ2n) is 4.95. The highest BCUT2D eigenvalue weighted by atomic mass is 16.6. The number of benzene rings is 2. The first-order valence-electron chi connectivity index (χ1n) is 6.51. The van der Waals surface area contributed by atoms with E-state index in [1.165, 1.54) is 19.2 Å². The van der Waals surface area contributed by atoms with Crippen LogP contribution in [0.15, 0.2) is 36.4 Å². The minimum atomic E-state index is -0.907. The smallest absolute Gasteiger partial charge is 0.311 e. The van der Waals surface area contributed by atoms with E-state index in [1.54, 1.807) is 6.07 Å². The molecule has 0 saturated carbocycles. The van der Waals surface area contributed by atoms with Crippen molar-refractivity contribution in [3.63, 3.8) is 0 Å². The predicted molar refractivity (Wildman–Crippen MR) is 79.6 cm³/mol. The lowest BCUT2D eigenvalue weighted by molar-refractivity contribution is -0.385. The molecule has 1 unspecified atom stereocenters. The average molecular weight is 287 g/mol. The summed E-state index contributed by atoms with van der Waals surface area (Å²) < 4.78 is 4.96. The largest absolute Gasteiger partial charge is 0.490 e. The van der Waals surface area contributed by atoms with E-state index in [0.29, 0.717) is 5.56 Å². The summed E-state index contributed by atoms with van der Waals surface area (Å²) >= 11 is 0. The zero-order valence-corrected chi connectivity index (χ0v) is 12.2. The number of aryl methyl sites for hydroxylation is 2. The standard InChI is InChI=1S/C16H17NO4/c1-10-4-6-13(11(2)8-10)16(18)12-5-7-15(21-3)14(9-12)17(19)20/h4-9,16,18H,1-3H3. The summed E-state index contributed by atoms with van der Waals surface area (Å²) in [7, 11) is 1.38. The number of ether oxygens (including phenoxy) is 1. The monoisotopic (exact) mass is 287 g/mol. The highest BCUT2D eigenvalue weighted by Crippen LogP contribution is 2.33. The Bertz CT molecular complexity index is 682. The normalized spacial score (nSPS) is 12.0. The molecule has 5 heteroatoms. The first-order chi connectivity index (χ1) is 9.93. The molecule has 110 valence electrons. The zero-order valence-electron chi connectivity index (χ0n) is 12.2. The van der Waals surface area contributed by atoms with Crippen molar-refractivity contribution in [2.24, 2.45) is 0 Å². The molecular weight excluding hydrogens is 270 g/mol. The van der Waals surface area contributed by atoms with Crippen LogP contribution in [0.2, 0.25) is 0 Å². The molecule has 0 radical (unpaired) electrons. The Kier molecular flexibility index (Phi) is 4.23. The quantitative estimate of drug-likeness (QED) is 0.691. The Hall–Kier alpha value is -2.40. The number of rotatable bonds is 4. The molecule has 2 rings (SSSR count). The van der Waals surface area contributed by atoms with Crippen molar-refractivity contribution in [1.82, 2.24) is 0 Å². The summed E-state index contributed by atoms with van der Waals surface area (Å²) in [4.78, 5) is 10.5. The fraction of sp³-hybridized carbons (Fsp3) is 0.250. The third-order valence-corrected chi connectivity index (χ3v) is 3.44. The van der Waals surface area contributed by atoms with Gasteiger partial charge >= 0.3 is 5.69 Å². The maximum absolute atomic E-state index is 11.0.